The second kappa shape index (κ2) is 4.25. The third-order valence-electron chi connectivity index (χ3n) is 2.45. The molecule has 1 rings (SSSR count). The van der Waals surface area contributed by atoms with Gasteiger partial charge in [-0.1, -0.05) is 27.7 Å². The average molecular weight is 216 g/mol. The predicted octanol–water partition coefficient (Wildman–Crippen LogP) is 4.35. The summed E-state index contributed by atoms with van der Waals surface area (Å²) in [6.07, 6.45) is 0. The van der Waals surface area contributed by atoms with Crippen molar-refractivity contribution >= 4 is 0 Å². The van der Waals surface area contributed by atoms with E-state index < -0.39 is 17.5 Å². The highest BCUT2D eigenvalue weighted by atomic mass is 19.2. The summed E-state index contributed by atoms with van der Waals surface area (Å²) in [4.78, 5) is 0. The smallest absolute Gasteiger partial charge is 0.194 e. The van der Waals surface area contributed by atoms with Crippen molar-refractivity contribution < 1.29 is 13.2 Å². The summed E-state index contributed by atoms with van der Waals surface area (Å²) in [5.74, 6) is -3.79. The van der Waals surface area contributed by atoms with Crippen LogP contribution in [-0.4, -0.2) is 0 Å². The Bertz CT molecular complexity index is 335. The molecule has 0 spiro atoms. The normalized spacial score (nSPS) is 11.5. The summed E-state index contributed by atoms with van der Waals surface area (Å²) in [5.41, 5.74) is 0.468. The lowest BCUT2D eigenvalue weighted by Gasteiger charge is -2.14. The minimum Gasteiger partial charge on any atom is -0.203 e. The van der Waals surface area contributed by atoms with Crippen molar-refractivity contribution in [3.8, 4) is 0 Å². The number of halogens is 3. The first-order chi connectivity index (χ1) is 6.86. The standard InChI is InChI=1S/C12H15F3/c1-6(2)8-5-9(7(3)4)11(14)12(15)10(8)13/h5-7H,1-4H3. The van der Waals surface area contributed by atoms with Crippen LogP contribution in [0.4, 0.5) is 13.2 Å². The van der Waals surface area contributed by atoms with Crippen LogP contribution in [0.25, 0.3) is 0 Å². The zero-order valence-corrected chi connectivity index (χ0v) is 9.37. The summed E-state index contributed by atoms with van der Waals surface area (Å²) < 4.78 is 39.9. The Morgan fingerprint density at radius 3 is 1.33 bits per heavy atom. The quantitative estimate of drug-likeness (QED) is 0.645. The average Bonchev–Trinajstić information content (AvgIpc) is 2.13. The second-order valence-corrected chi connectivity index (χ2v) is 4.31. The van der Waals surface area contributed by atoms with Gasteiger partial charge in [-0.3, -0.25) is 0 Å². The Balaban J connectivity index is 3.45. The van der Waals surface area contributed by atoms with E-state index in [2.05, 4.69) is 0 Å². The summed E-state index contributed by atoms with van der Waals surface area (Å²) >= 11 is 0. The van der Waals surface area contributed by atoms with Gasteiger partial charge in [0.25, 0.3) is 0 Å². The third kappa shape index (κ3) is 2.16. The van der Waals surface area contributed by atoms with Gasteiger partial charge in [0.1, 0.15) is 0 Å². The molecule has 1 aromatic carbocycles. The fourth-order valence-electron chi connectivity index (χ4n) is 1.48. The van der Waals surface area contributed by atoms with Crippen molar-refractivity contribution in [2.75, 3.05) is 0 Å². The van der Waals surface area contributed by atoms with Gasteiger partial charge in [0.05, 0.1) is 0 Å². The van der Waals surface area contributed by atoms with Gasteiger partial charge in [0.2, 0.25) is 0 Å². The van der Waals surface area contributed by atoms with E-state index in [1.165, 1.54) is 6.07 Å². The van der Waals surface area contributed by atoms with Crippen molar-refractivity contribution in [1.29, 1.82) is 0 Å². The maximum absolute atomic E-state index is 13.3. The maximum Gasteiger partial charge on any atom is 0.194 e. The topological polar surface area (TPSA) is 0 Å². The first-order valence-electron chi connectivity index (χ1n) is 5.03. The molecule has 0 saturated carbocycles. The Morgan fingerprint density at radius 2 is 1.07 bits per heavy atom. The molecule has 3 heteroatoms. The van der Waals surface area contributed by atoms with E-state index in [9.17, 15) is 13.2 Å². The van der Waals surface area contributed by atoms with Gasteiger partial charge < -0.3 is 0 Å². The molecule has 0 N–H and O–H groups in total. The van der Waals surface area contributed by atoms with Crippen LogP contribution in [0.15, 0.2) is 6.07 Å². The number of hydrogen-bond donors (Lipinski definition) is 0. The molecule has 84 valence electrons. The molecule has 0 fully saturated rings. The summed E-state index contributed by atoms with van der Waals surface area (Å²) in [7, 11) is 0. The van der Waals surface area contributed by atoms with E-state index >= 15 is 0 Å². The van der Waals surface area contributed by atoms with Gasteiger partial charge in [0, 0.05) is 0 Å². The lowest BCUT2D eigenvalue weighted by atomic mass is 9.94. The first kappa shape index (κ1) is 12.1. The number of benzene rings is 1. The summed E-state index contributed by atoms with van der Waals surface area (Å²) in [5, 5.41) is 0. The van der Waals surface area contributed by atoms with E-state index in [-0.39, 0.29) is 23.0 Å². The molecule has 0 unspecified atom stereocenters. The van der Waals surface area contributed by atoms with Crippen molar-refractivity contribution in [3.63, 3.8) is 0 Å². The molecule has 1 aromatic rings. The minimum absolute atomic E-state index is 0.155. The highest BCUT2D eigenvalue weighted by molar-refractivity contribution is 5.31. The monoisotopic (exact) mass is 216 g/mol. The predicted molar refractivity (Wildman–Crippen MR) is 54.5 cm³/mol. The van der Waals surface area contributed by atoms with E-state index in [0.717, 1.165) is 0 Å². The van der Waals surface area contributed by atoms with Crippen LogP contribution in [-0.2, 0) is 0 Å². The van der Waals surface area contributed by atoms with Gasteiger partial charge in [-0.2, -0.15) is 0 Å². The van der Waals surface area contributed by atoms with Gasteiger partial charge >= 0.3 is 0 Å². The largest absolute Gasteiger partial charge is 0.203 e. The zero-order valence-electron chi connectivity index (χ0n) is 9.37. The molecular weight excluding hydrogens is 201 g/mol. The summed E-state index contributed by atoms with van der Waals surface area (Å²) in [6.45, 7) is 7.00. The molecular formula is C12H15F3. The Morgan fingerprint density at radius 1 is 0.733 bits per heavy atom. The van der Waals surface area contributed by atoms with Gasteiger partial charge in [-0.25, -0.2) is 13.2 Å². The molecule has 0 amide bonds. The van der Waals surface area contributed by atoms with Crippen LogP contribution < -0.4 is 0 Å². The van der Waals surface area contributed by atoms with Crippen LogP contribution in [0, 0.1) is 17.5 Å². The zero-order chi connectivity index (χ0) is 11.7. The fourth-order valence-corrected chi connectivity index (χ4v) is 1.48. The van der Waals surface area contributed by atoms with E-state index in [0.29, 0.717) is 0 Å². The van der Waals surface area contributed by atoms with Crippen molar-refractivity contribution in [2.24, 2.45) is 0 Å². The third-order valence-corrected chi connectivity index (χ3v) is 2.45. The van der Waals surface area contributed by atoms with Crippen LogP contribution in [0.5, 0.6) is 0 Å². The lowest BCUT2D eigenvalue weighted by molar-refractivity contribution is 0.429. The van der Waals surface area contributed by atoms with Crippen molar-refractivity contribution in [2.45, 2.75) is 39.5 Å². The maximum atomic E-state index is 13.3. The van der Waals surface area contributed by atoms with E-state index in [1.54, 1.807) is 27.7 Å². The first-order valence-corrected chi connectivity index (χ1v) is 5.03. The highest BCUT2D eigenvalue weighted by Crippen LogP contribution is 2.29. The fraction of sp³-hybridized carbons (Fsp3) is 0.500. The molecule has 0 aliphatic heterocycles. The van der Waals surface area contributed by atoms with Crippen molar-refractivity contribution in [3.05, 3.63) is 34.6 Å². The molecule has 0 aliphatic carbocycles. The molecule has 0 radical (unpaired) electrons. The second-order valence-electron chi connectivity index (χ2n) is 4.31. The molecule has 0 atom stereocenters. The lowest BCUT2D eigenvalue weighted by Crippen LogP contribution is -2.05. The SMILES string of the molecule is CC(C)c1cc(C(C)C)c(F)c(F)c1F. The molecule has 0 aliphatic rings. The number of rotatable bonds is 2. The van der Waals surface area contributed by atoms with Gasteiger partial charge in [-0.05, 0) is 29.0 Å². The highest BCUT2D eigenvalue weighted by Gasteiger charge is 2.21. The van der Waals surface area contributed by atoms with E-state index in [1.807, 2.05) is 0 Å². The molecule has 0 aromatic heterocycles. The Labute approximate surface area is 88.1 Å². The Kier molecular flexibility index (Phi) is 3.42. The number of hydrogen-bond acceptors (Lipinski definition) is 0. The van der Waals surface area contributed by atoms with Crippen LogP contribution >= 0.6 is 0 Å². The molecule has 0 bridgehead atoms. The van der Waals surface area contributed by atoms with Crippen LogP contribution in [0.2, 0.25) is 0 Å². The molecule has 0 nitrogen and oxygen atoms in total. The molecule has 15 heavy (non-hydrogen) atoms. The molecule has 0 heterocycles. The van der Waals surface area contributed by atoms with Crippen LogP contribution in [0.1, 0.15) is 50.7 Å². The van der Waals surface area contributed by atoms with E-state index in [4.69, 9.17) is 0 Å². The van der Waals surface area contributed by atoms with Crippen molar-refractivity contribution in [1.82, 2.24) is 0 Å². The van der Waals surface area contributed by atoms with Gasteiger partial charge in [0.15, 0.2) is 17.5 Å². The minimum atomic E-state index is -1.36. The summed E-state index contributed by atoms with van der Waals surface area (Å²) in [6, 6.07) is 1.42. The molecule has 0 saturated heterocycles. The Hall–Kier alpha value is -0.990. The van der Waals surface area contributed by atoms with Gasteiger partial charge in [-0.15, -0.1) is 0 Å². The van der Waals surface area contributed by atoms with Crippen LogP contribution in [0.3, 0.4) is 0 Å².